The van der Waals surface area contributed by atoms with E-state index in [-0.39, 0.29) is 11.8 Å². The molecule has 2 aliphatic rings. The van der Waals surface area contributed by atoms with Crippen molar-refractivity contribution in [1.29, 1.82) is 5.26 Å². The van der Waals surface area contributed by atoms with Gasteiger partial charge >= 0.3 is 0 Å². The molecule has 8 heteroatoms. The Balaban J connectivity index is 1.11. The van der Waals surface area contributed by atoms with Crippen molar-refractivity contribution in [2.75, 3.05) is 38.0 Å². The Morgan fingerprint density at radius 1 is 1.12 bits per heavy atom. The molecule has 0 bridgehead atoms. The topological polar surface area (TPSA) is 89.6 Å². The fourth-order valence-electron chi connectivity index (χ4n) is 4.64. The lowest BCUT2D eigenvalue weighted by Gasteiger charge is -2.34. The number of nitrogens with zero attached hydrogens (tertiary/aromatic N) is 3. The van der Waals surface area contributed by atoms with Crippen LogP contribution < -0.4 is 5.32 Å². The van der Waals surface area contributed by atoms with Crippen LogP contribution in [0.3, 0.4) is 0 Å². The van der Waals surface area contributed by atoms with Crippen molar-refractivity contribution in [2.24, 2.45) is 0 Å². The van der Waals surface area contributed by atoms with Gasteiger partial charge in [0.05, 0.1) is 5.56 Å². The number of aryl methyl sites for hydroxylation is 1. The van der Waals surface area contributed by atoms with Crippen molar-refractivity contribution in [3.8, 4) is 6.07 Å². The van der Waals surface area contributed by atoms with Crippen molar-refractivity contribution in [1.82, 2.24) is 9.80 Å². The van der Waals surface area contributed by atoms with Gasteiger partial charge in [0, 0.05) is 49.4 Å². The van der Waals surface area contributed by atoms with Crippen molar-refractivity contribution < 1.29 is 14.0 Å². The number of hydrogen-bond donors (Lipinski definition) is 1. The summed E-state index contributed by atoms with van der Waals surface area (Å²) in [6.07, 6.45) is 4.56. The van der Waals surface area contributed by atoms with Gasteiger partial charge in [0.25, 0.3) is 5.91 Å². The van der Waals surface area contributed by atoms with Crippen LogP contribution in [-0.4, -0.2) is 54.3 Å². The number of nitrogens with one attached hydrogen (secondary N) is 1. The van der Waals surface area contributed by atoms with E-state index in [1.165, 1.54) is 4.88 Å². The second-order valence-electron chi connectivity index (χ2n) is 8.61. The van der Waals surface area contributed by atoms with Gasteiger partial charge in [0.15, 0.2) is 5.76 Å². The number of benzene rings is 1. The summed E-state index contributed by atoms with van der Waals surface area (Å²) in [5.41, 5.74) is 2.51. The first-order valence-corrected chi connectivity index (χ1v) is 12.3. The van der Waals surface area contributed by atoms with E-state index in [9.17, 15) is 14.9 Å². The number of fused-ring (bicyclic) bond motifs is 2. The maximum Gasteiger partial charge on any atom is 0.289 e. The predicted octanol–water partition coefficient (Wildman–Crippen LogP) is 4.03. The second kappa shape index (κ2) is 9.38. The molecule has 0 atom stereocenters. The van der Waals surface area contributed by atoms with E-state index in [2.05, 4.69) is 16.3 Å². The van der Waals surface area contributed by atoms with Crippen molar-refractivity contribution in [3.05, 3.63) is 52.1 Å². The fraction of sp³-hybridized carbons (Fsp3) is 0.400. The minimum atomic E-state index is -0.0886. The largest absolute Gasteiger partial charge is 0.451 e. The van der Waals surface area contributed by atoms with Gasteiger partial charge in [0.1, 0.15) is 16.7 Å². The Kier molecular flexibility index (Phi) is 6.16. The summed E-state index contributed by atoms with van der Waals surface area (Å²) in [6, 6.07) is 11.7. The smallest absolute Gasteiger partial charge is 0.289 e. The Morgan fingerprint density at radius 3 is 2.70 bits per heavy atom. The highest BCUT2D eigenvalue weighted by Crippen LogP contribution is 2.37. The molecule has 33 heavy (non-hydrogen) atoms. The molecule has 2 aromatic heterocycles. The molecule has 1 saturated heterocycles. The molecule has 1 aliphatic heterocycles. The molecular formula is C25H26N4O3S. The van der Waals surface area contributed by atoms with E-state index in [4.69, 9.17) is 4.42 Å². The lowest BCUT2D eigenvalue weighted by molar-refractivity contribution is -0.116. The summed E-state index contributed by atoms with van der Waals surface area (Å²) in [7, 11) is 0. The van der Waals surface area contributed by atoms with E-state index in [1.54, 1.807) is 17.4 Å². The number of piperazine rings is 1. The number of carbonyl (C=O) groups is 2. The van der Waals surface area contributed by atoms with Crippen LogP contribution in [-0.2, 0) is 17.6 Å². The first-order chi connectivity index (χ1) is 16.1. The van der Waals surface area contributed by atoms with Crippen LogP contribution >= 0.6 is 11.3 Å². The van der Waals surface area contributed by atoms with Gasteiger partial charge in [-0.1, -0.05) is 18.2 Å². The number of anilines is 1. The van der Waals surface area contributed by atoms with E-state index in [0.29, 0.717) is 42.4 Å². The van der Waals surface area contributed by atoms with Crippen molar-refractivity contribution in [2.45, 2.75) is 32.1 Å². The van der Waals surface area contributed by atoms with Gasteiger partial charge in [0.2, 0.25) is 5.91 Å². The lowest BCUT2D eigenvalue weighted by atomic mass is 9.96. The Hall–Kier alpha value is -3.15. The summed E-state index contributed by atoms with van der Waals surface area (Å²) in [5.74, 6) is 0.219. The number of furan rings is 1. The summed E-state index contributed by atoms with van der Waals surface area (Å²) in [6.45, 7) is 3.28. The fourth-order valence-corrected chi connectivity index (χ4v) is 5.89. The number of rotatable bonds is 5. The quantitative estimate of drug-likeness (QED) is 0.618. The maximum absolute atomic E-state index is 12.8. The Labute approximate surface area is 196 Å². The first-order valence-electron chi connectivity index (χ1n) is 11.5. The molecule has 2 amide bonds. The second-order valence-corrected chi connectivity index (χ2v) is 9.71. The molecule has 7 nitrogen and oxygen atoms in total. The zero-order chi connectivity index (χ0) is 22.8. The molecule has 0 saturated carbocycles. The molecule has 1 fully saturated rings. The van der Waals surface area contributed by atoms with Gasteiger partial charge in [-0.05, 0) is 43.4 Å². The third kappa shape index (κ3) is 4.52. The molecule has 1 aliphatic carbocycles. The van der Waals surface area contributed by atoms with E-state index in [1.807, 2.05) is 29.2 Å². The molecule has 0 unspecified atom stereocenters. The van der Waals surface area contributed by atoms with Crippen LogP contribution in [0.25, 0.3) is 11.0 Å². The highest BCUT2D eigenvalue weighted by atomic mass is 32.1. The summed E-state index contributed by atoms with van der Waals surface area (Å²) in [4.78, 5) is 30.6. The van der Waals surface area contributed by atoms with E-state index < -0.39 is 0 Å². The average Bonchev–Trinajstić information content (AvgIpc) is 3.43. The Morgan fingerprint density at radius 2 is 1.91 bits per heavy atom. The average molecular weight is 463 g/mol. The molecule has 3 heterocycles. The molecule has 170 valence electrons. The third-order valence-electron chi connectivity index (χ3n) is 6.49. The highest BCUT2D eigenvalue weighted by molar-refractivity contribution is 7.16. The van der Waals surface area contributed by atoms with Gasteiger partial charge < -0.3 is 14.6 Å². The zero-order valence-electron chi connectivity index (χ0n) is 18.4. The molecule has 0 radical (unpaired) electrons. The molecule has 1 aromatic carbocycles. The Bertz CT molecular complexity index is 1200. The van der Waals surface area contributed by atoms with Crippen molar-refractivity contribution >= 4 is 39.1 Å². The van der Waals surface area contributed by atoms with Crippen LogP contribution in [0, 0.1) is 11.3 Å². The molecular weight excluding hydrogens is 436 g/mol. The van der Waals surface area contributed by atoms with Gasteiger partial charge in [-0.25, -0.2) is 0 Å². The standard InChI is InChI=1S/C25H26N4O3S/c26-16-19-18-6-2-4-8-22(18)33-24(19)27-23(30)9-10-28-11-13-29(14-12-28)25(31)21-15-17-5-1-3-7-20(17)32-21/h1,3,5,7,15H,2,4,6,8-14H2,(H,27,30). The SMILES string of the molecule is N#Cc1c(NC(=O)CCN2CCN(C(=O)c3cc4ccccc4o3)CC2)sc2c1CCCC2. The third-order valence-corrected chi connectivity index (χ3v) is 7.69. The van der Waals surface area contributed by atoms with Crippen LogP contribution in [0.5, 0.6) is 0 Å². The minimum Gasteiger partial charge on any atom is -0.451 e. The molecule has 3 aromatic rings. The monoisotopic (exact) mass is 462 g/mol. The highest BCUT2D eigenvalue weighted by Gasteiger charge is 2.25. The van der Waals surface area contributed by atoms with E-state index >= 15 is 0 Å². The number of para-hydroxylation sites is 1. The lowest BCUT2D eigenvalue weighted by Crippen LogP contribution is -2.49. The zero-order valence-corrected chi connectivity index (χ0v) is 19.2. The van der Waals surface area contributed by atoms with Crippen LogP contribution in [0.15, 0.2) is 34.7 Å². The predicted molar refractivity (Wildman–Crippen MR) is 127 cm³/mol. The summed E-state index contributed by atoms with van der Waals surface area (Å²) >= 11 is 1.56. The molecule has 5 rings (SSSR count). The molecule has 1 N–H and O–H groups in total. The van der Waals surface area contributed by atoms with Crippen molar-refractivity contribution in [3.63, 3.8) is 0 Å². The number of carbonyl (C=O) groups excluding carboxylic acids is 2. The molecule has 0 spiro atoms. The maximum atomic E-state index is 12.8. The number of thiophene rings is 1. The van der Waals surface area contributed by atoms with Gasteiger partial charge in [-0.2, -0.15) is 5.26 Å². The van der Waals surface area contributed by atoms with Crippen LogP contribution in [0.4, 0.5) is 5.00 Å². The summed E-state index contributed by atoms with van der Waals surface area (Å²) < 4.78 is 5.71. The van der Waals surface area contributed by atoms with Crippen LogP contribution in [0.2, 0.25) is 0 Å². The number of amides is 2. The van der Waals surface area contributed by atoms with Gasteiger partial charge in [-0.3, -0.25) is 14.5 Å². The normalized spacial score (nSPS) is 16.4. The van der Waals surface area contributed by atoms with Gasteiger partial charge in [-0.15, -0.1) is 11.3 Å². The minimum absolute atomic E-state index is 0.0640. The number of hydrogen-bond acceptors (Lipinski definition) is 6. The van der Waals surface area contributed by atoms with Crippen LogP contribution in [0.1, 0.15) is 45.8 Å². The number of nitriles is 1. The summed E-state index contributed by atoms with van der Waals surface area (Å²) in [5, 5.41) is 14.2. The van der Waals surface area contributed by atoms with E-state index in [0.717, 1.165) is 55.3 Å². The first kappa shape index (κ1) is 21.7.